The molecule has 0 unspecified atom stereocenters. The Morgan fingerprint density at radius 2 is 1.42 bits per heavy atom. The molecule has 0 aromatic heterocycles. The number of amides is 2. The molecule has 3 rings (SSSR count). The van der Waals surface area contributed by atoms with E-state index in [1.54, 1.807) is 0 Å². The van der Waals surface area contributed by atoms with E-state index in [0.717, 1.165) is 30.4 Å². The van der Waals surface area contributed by atoms with E-state index >= 15 is 0 Å². The van der Waals surface area contributed by atoms with E-state index in [-0.39, 0.29) is 6.03 Å². The van der Waals surface area contributed by atoms with Crippen molar-refractivity contribution in [3.8, 4) is 0 Å². The van der Waals surface area contributed by atoms with Gasteiger partial charge < -0.3 is 15.5 Å². The highest BCUT2D eigenvalue weighted by Crippen LogP contribution is 2.24. The van der Waals surface area contributed by atoms with Crippen molar-refractivity contribution >= 4 is 23.1 Å². The van der Waals surface area contributed by atoms with Gasteiger partial charge in [-0.1, -0.05) is 24.6 Å². The fourth-order valence-corrected chi connectivity index (χ4v) is 2.95. The summed E-state index contributed by atoms with van der Waals surface area (Å²) < 4.78 is 0. The van der Waals surface area contributed by atoms with Gasteiger partial charge in [0.2, 0.25) is 0 Å². The number of hydrogen-bond acceptors (Lipinski definition) is 2. The molecule has 1 heterocycles. The number of carbonyl (C=O) groups excluding carboxylic acids is 1. The maximum absolute atomic E-state index is 12.1. The van der Waals surface area contributed by atoms with Crippen LogP contribution in [-0.4, -0.2) is 19.1 Å². The van der Waals surface area contributed by atoms with Crippen LogP contribution < -0.4 is 15.5 Å². The molecule has 126 valence electrons. The minimum absolute atomic E-state index is 0.224. The molecule has 0 spiro atoms. The summed E-state index contributed by atoms with van der Waals surface area (Å²) in [6.45, 7) is 6.56. The monoisotopic (exact) mass is 323 g/mol. The van der Waals surface area contributed by atoms with Crippen LogP contribution in [0.5, 0.6) is 0 Å². The minimum atomic E-state index is -0.224. The zero-order valence-corrected chi connectivity index (χ0v) is 14.4. The maximum Gasteiger partial charge on any atom is 0.323 e. The summed E-state index contributed by atoms with van der Waals surface area (Å²) in [5.74, 6) is 0.827. The average Bonchev–Trinajstić information content (AvgIpc) is 2.58. The molecule has 1 fully saturated rings. The molecule has 2 amide bonds. The molecule has 2 N–H and O–H groups in total. The van der Waals surface area contributed by atoms with Gasteiger partial charge >= 0.3 is 6.03 Å². The van der Waals surface area contributed by atoms with Crippen LogP contribution in [-0.2, 0) is 0 Å². The summed E-state index contributed by atoms with van der Waals surface area (Å²) >= 11 is 0. The minimum Gasteiger partial charge on any atom is -0.372 e. The van der Waals surface area contributed by atoms with Gasteiger partial charge in [-0.2, -0.15) is 0 Å². The number of rotatable bonds is 3. The van der Waals surface area contributed by atoms with E-state index in [2.05, 4.69) is 34.6 Å². The Labute approximate surface area is 143 Å². The van der Waals surface area contributed by atoms with Crippen molar-refractivity contribution in [2.24, 2.45) is 5.92 Å². The molecule has 0 bridgehead atoms. The first kappa shape index (κ1) is 16.4. The normalized spacial score (nSPS) is 15.2. The van der Waals surface area contributed by atoms with E-state index in [1.807, 2.05) is 43.3 Å². The summed E-state index contributed by atoms with van der Waals surface area (Å²) in [6.07, 6.45) is 2.50. The highest BCUT2D eigenvalue weighted by atomic mass is 16.2. The van der Waals surface area contributed by atoms with Crippen molar-refractivity contribution < 1.29 is 4.79 Å². The summed E-state index contributed by atoms with van der Waals surface area (Å²) in [7, 11) is 0. The van der Waals surface area contributed by atoms with Crippen LogP contribution in [0.15, 0.2) is 48.5 Å². The first-order chi connectivity index (χ1) is 11.6. The second kappa shape index (κ2) is 7.39. The molecule has 1 aliphatic rings. The summed E-state index contributed by atoms with van der Waals surface area (Å²) in [4.78, 5) is 14.5. The van der Waals surface area contributed by atoms with Crippen molar-refractivity contribution in [3.63, 3.8) is 0 Å². The molecule has 0 radical (unpaired) electrons. The van der Waals surface area contributed by atoms with Crippen LogP contribution in [0, 0.1) is 12.8 Å². The average molecular weight is 323 g/mol. The third kappa shape index (κ3) is 4.28. The van der Waals surface area contributed by atoms with Gasteiger partial charge in [-0.3, -0.25) is 0 Å². The van der Waals surface area contributed by atoms with Crippen LogP contribution in [0.3, 0.4) is 0 Å². The van der Waals surface area contributed by atoms with E-state index < -0.39 is 0 Å². The number of hydrogen-bond donors (Lipinski definition) is 2. The molecule has 4 heteroatoms. The molecule has 0 aliphatic carbocycles. The van der Waals surface area contributed by atoms with Crippen molar-refractivity contribution in [3.05, 3.63) is 54.1 Å². The molecule has 1 saturated heterocycles. The molecule has 0 atom stereocenters. The van der Waals surface area contributed by atoms with E-state index in [0.29, 0.717) is 0 Å². The van der Waals surface area contributed by atoms with Crippen LogP contribution in [0.25, 0.3) is 0 Å². The Kier molecular flexibility index (Phi) is 5.04. The largest absolute Gasteiger partial charge is 0.372 e. The number of nitrogens with zero attached hydrogens (tertiary/aromatic N) is 1. The fraction of sp³-hybridized carbons (Fsp3) is 0.350. The van der Waals surface area contributed by atoms with E-state index in [1.165, 1.54) is 24.1 Å². The summed E-state index contributed by atoms with van der Waals surface area (Å²) in [5, 5.41) is 5.71. The predicted octanol–water partition coefficient (Wildman–Crippen LogP) is 4.88. The second-order valence-corrected chi connectivity index (χ2v) is 6.66. The van der Waals surface area contributed by atoms with Crippen molar-refractivity contribution in [2.75, 3.05) is 28.6 Å². The fourth-order valence-electron chi connectivity index (χ4n) is 2.95. The molecule has 1 aliphatic heterocycles. The first-order valence-corrected chi connectivity index (χ1v) is 8.60. The SMILES string of the molecule is Cc1ccc(NC(=O)Nc2ccc(N3CCC(C)CC3)cc2)cc1. The molecule has 2 aromatic carbocycles. The summed E-state index contributed by atoms with van der Waals surface area (Å²) in [6, 6.07) is 15.6. The smallest absolute Gasteiger partial charge is 0.323 e. The van der Waals surface area contributed by atoms with E-state index in [9.17, 15) is 4.79 Å². The molecular formula is C20H25N3O. The predicted molar refractivity (Wildman–Crippen MR) is 101 cm³/mol. The Bertz CT molecular complexity index is 671. The van der Waals surface area contributed by atoms with Gasteiger partial charge in [-0.05, 0) is 62.1 Å². The maximum atomic E-state index is 12.1. The van der Waals surface area contributed by atoms with Crippen molar-refractivity contribution in [1.29, 1.82) is 0 Å². The second-order valence-electron chi connectivity index (χ2n) is 6.66. The highest BCUT2D eigenvalue weighted by Gasteiger charge is 2.15. The Morgan fingerprint density at radius 1 is 0.917 bits per heavy atom. The van der Waals surface area contributed by atoms with Gasteiger partial charge in [-0.15, -0.1) is 0 Å². The molecule has 2 aromatic rings. The Morgan fingerprint density at radius 3 is 1.96 bits per heavy atom. The zero-order chi connectivity index (χ0) is 16.9. The first-order valence-electron chi connectivity index (χ1n) is 8.60. The Balaban J connectivity index is 1.55. The number of anilines is 3. The lowest BCUT2D eigenvalue weighted by Crippen LogP contribution is -2.32. The van der Waals surface area contributed by atoms with Crippen LogP contribution in [0.1, 0.15) is 25.3 Å². The zero-order valence-electron chi connectivity index (χ0n) is 14.4. The lowest BCUT2D eigenvalue weighted by molar-refractivity contribution is 0.262. The number of urea groups is 1. The number of aryl methyl sites for hydroxylation is 1. The Hall–Kier alpha value is -2.49. The van der Waals surface area contributed by atoms with Gasteiger partial charge in [0.15, 0.2) is 0 Å². The van der Waals surface area contributed by atoms with E-state index in [4.69, 9.17) is 0 Å². The number of nitrogens with one attached hydrogen (secondary N) is 2. The van der Waals surface area contributed by atoms with Crippen molar-refractivity contribution in [1.82, 2.24) is 0 Å². The lowest BCUT2D eigenvalue weighted by Gasteiger charge is -2.32. The standard InChI is InChI=1S/C20H25N3O/c1-15-3-5-17(6-4-15)21-20(24)22-18-7-9-19(10-8-18)23-13-11-16(2)12-14-23/h3-10,16H,11-14H2,1-2H3,(H2,21,22,24). The van der Waals surface area contributed by atoms with Gasteiger partial charge in [0.25, 0.3) is 0 Å². The topological polar surface area (TPSA) is 44.4 Å². The molecular weight excluding hydrogens is 298 g/mol. The number of benzene rings is 2. The quantitative estimate of drug-likeness (QED) is 0.846. The molecule has 0 saturated carbocycles. The van der Waals surface area contributed by atoms with Gasteiger partial charge in [-0.25, -0.2) is 4.79 Å². The lowest BCUT2D eigenvalue weighted by atomic mass is 9.99. The summed E-state index contributed by atoms with van der Waals surface area (Å²) in [5.41, 5.74) is 3.99. The number of carbonyl (C=O) groups is 1. The molecule has 4 nitrogen and oxygen atoms in total. The third-order valence-corrected chi connectivity index (χ3v) is 4.58. The number of piperidine rings is 1. The highest BCUT2D eigenvalue weighted by molar-refractivity contribution is 5.99. The molecule has 24 heavy (non-hydrogen) atoms. The van der Waals surface area contributed by atoms with Crippen molar-refractivity contribution in [2.45, 2.75) is 26.7 Å². The van der Waals surface area contributed by atoms with Crippen LogP contribution in [0.4, 0.5) is 21.9 Å². The van der Waals surface area contributed by atoms with Gasteiger partial charge in [0.05, 0.1) is 0 Å². The van der Waals surface area contributed by atoms with Gasteiger partial charge in [0, 0.05) is 30.2 Å². The van der Waals surface area contributed by atoms with Crippen LogP contribution >= 0.6 is 0 Å². The van der Waals surface area contributed by atoms with Crippen LogP contribution in [0.2, 0.25) is 0 Å². The third-order valence-electron chi connectivity index (χ3n) is 4.58. The van der Waals surface area contributed by atoms with Gasteiger partial charge in [0.1, 0.15) is 0 Å².